The predicted octanol–water partition coefficient (Wildman–Crippen LogP) is 0.671. The Morgan fingerprint density at radius 3 is 1.33 bits per heavy atom. The van der Waals surface area contributed by atoms with E-state index in [2.05, 4.69) is 10.6 Å². The largest absolute Gasteiger partial charge is 0.350 e. The highest BCUT2D eigenvalue weighted by Crippen LogP contribution is 2.04. The van der Waals surface area contributed by atoms with Crippen LogP contribution in [0.5, 0.6) is 0 Å². The Kier molecular flexibility index (Phi) is 7.73. The second-order valence-corrected chi connectivity index (χ2v) is 3.50. The molecule has 0 unspecified atom stereocenters. The molecule has 0 radical (unpaired) electrons. The summed E-state index contributed by atoms with van der Waals surface area (Å²) >= 11 is 0. The first-order valence-corrected chi connectivity index (χ1v) is 5.33. The third-order valence-electron chi connectivity index (χ3n) is 2.20. The van der Waals surface area contributed by atoms with Crippen LogP contribution in [0.3, 0.4) is 0 Å². The fraction of sp³-hybridized carbons (Fsp3) is 0.750. The lowest BCUT2D eigenvalue weighted by Gasteiger charge is -2.11. The van der Waals surface area contributed by atoms with Crippen LogP contribution in [0.1, 0.15) is 25.7 Å². The van der Waals surface area contributed by atoms with Crippen molar-refractivity contribution < 1.29 is 9.59 Å². The molecule has 4 amide bonds. The van der Waals surface area contributed by atoms with Crippen LogP contribution in [0.25, 0.3) is 0 Å². The molecule has 4 N–H and O–H groups in total. The fourth-order valence-electron chi connectivity index (χ4n) is 1.26. The van der Waals surface area contributed by atoms with Gasteiger partial charge in [0.2, 0.25) is 0 Å². The number of rotatable bonds is 9. The highest BCUT2D eigenvalue weighted by Gasteiger charge is 2.10. The summed E-state index contributed by atoms with van der Waals surface area (Å²) in [5.41, 5.74) is 9.73. The van der Waals surface area contributed by atoms with E-state index in [0.29, 0.717) is 35.7 Å². The van der Waals surface area contributed by atoms with Gasteiger partial charge in [-0.1, -0.05) is 12.8 Å². The molecule has 0 aliphatic carbocycles. The highest BCUT2D eigenvalue weighted by molar-refractivity contribution is 5.71. The molecule has 0 saturated heterocycles. The molecule has 10 nitrogen and oxygen atoms in total. The number of nitrogens with two attached hydrogens (primary N) is 2. The lowest BCUT2D eigenvalue weighted by Crippen LogP contribution is -2.32. The Morgan fingerprint density at radius 1 is 0.778 bits per heavy atom. The van der Waals surface area contributed by atoms with Gasteiger partial charge in [0.15, 0.2) is 0 Å². The maximum Gasteiger partial charge on any atom is 0.337 e. The molecule has 0 aromatic carbocycles. The first-order valence-electron chi connectivity index (χ1n) is 5.33. The van der Waals surface area contributed by atoms with Crippen molar-refractivity contribution in [2.75, 3.05) is 13.1 Å². The Hall–Kier alpha value is -2.26. The van der Waals surface area contributed by atoms with Gasteiger partial charge in [0.1, 0.15) is 0 Å². The van der Waals surface area contributed by atoms with Gasteiger partial charge in [-0.25, -0.2) is 9.59 Å². The van der Waals surface area contributed by atoms with E-state index < -0.39 is 12.1 Å². The van der Waals surface area contributed by atoms with E-state index in [9.17, 15) is 19.4 Å². The summed E-state index contributed by atoms with van der Waals surface area (Å²) in [7, 11) is 0. The second-order valence-electron chi connectivity index (χ2n) is 3.50. The summed E-state index contributed by atoms with van der Waals surface area (Å²) in [6.45, 7) is 0.286. The minimum absolute atomic E-state index is 0.143. The van der Waals surface area contributed by atoms with Crippen molar-refractivity contribution in [1.82, 2.24) is 10.0 Å². The van der Waals surface area contributed by atoms with Crippen molar-refractivity contribution in [3.8, 4) is 0 Å². The van der Waals surface area contributed by atoms with Crippen molar-refractivity contribution in [1.29, 1.82) is 0 Å². The maximum absolute atomic E-state index is 10.6. The number of carbonyl (C=O) groups is 2. The summed E-state index contributed by atoms with van der Waals surface area (Å²) in [4.78, 5) is 41.5. The van der Waals surface area contributed by atoms with Crippen LogP contribution in [0.4, 0.5) is 9.59 Å². The summed E-state index contributed by atoms with van der Waals surface area (Å²) < 4.78 is 0. The average Bonchev–Trinajstić information content (AvgIpc) is 2.32. The van der Waals surface area contributed by atoms with Gasteiger partial charge in [-0.2, -0.15) is 10.0 Å². The normalized spacial score (nSPS) is 9.56. The molecule has 18 heavy (non-hydrogen) atoms. The number of nitroso groups, excluding NO2 is 2. The van der Waals surface area contributed by atoms with Crippen molar-refractivity contribution in [2.24, 2.45) is 22.0 Å². The standard InChI is InChI=1S/C8H16N6O4/c9-7(15)13(11-17)5-3-1-2-4-6-14(12-18)8(10)16/h1-6H2,(H2,9,15)(H2,10,16). The van der Waals surface area contributed by atoms with Gasteiger partial charge >= 0.3 is 12.1 Å². The third kappa shape index (κ3) is 6.35. The van der Waals surface area contributed by atoms with Crippen molar-refractivity contribution >= 4 is 12.1 Å². The minimum atomic E-state index is -0.893. The van der Waals surface area contributed by atoms with Gasteiger partial charge in [-0.05, 0) is 12.8 Å². The van der Waals surface area contributed by atoms with E-state index >= 15 is 0 Å². The van der Waals surface area contributed by atoms with E-state index in [4.69, 9.17) is 11.5 Å². The number of primary amides is 2. The zero-order chi connectivity index (χ0) is 14.0. The van der Waals surface area contributed by atoms with Crippen LogP contribution in [-0.2, 0) is 0 Å². The molecule has 0 aromatic heterocycles. The Morgan fingerprint density at radius 2 is 1.11 bits per heavy atom. The molecule has 0 heterocycles. The molecule has 0 atom stereocenters. The molecule has 0 rings (SSSR count). The van der Waals surface area contributed by atoms with Crippen LogP contribution in [0, 0.1) is 9.81 Å². The Bertz CT molecular complexity index is 280. The monoisotopic (exact) mass is 260 g/mol. The topological polar surface area (TPSA) is 152 Å². The van der Waals surface area contributed by atoms with Crippen LogP contribution in [-0.4, -0.2) is 35.2 Å². The van der Waals surface area contributed by atoms with Gasteiger partial charge in [0, 0.05) is 13.1 Å². The molecular weight excluding hydrogens is 244 g/mol. The Balaban J connectivity index is 3.62. The zero-order valence-electron chi connectivity index (χ0n) is 9.82. The maximum atomic E-state index is 10.6. The van der Waals surface area contributed by atoms with Crippen LogP contribution < -0.4 is 11.5 Å². The fourth-order valence-corrected chi connectivity index (χ4v) is 1.26. The first kappa shape index (κ1) is 15.7. The zero-order valence-corrected chi connectivity index (χ0v) is 9.82. The quantitative estimate of drug-likeness (QED) is 0.355. The number of hydrogen-bond donors (Lipinski definition) is 2. The lowest BCUT2D eigenvalue weighted by molar-refractivity contribution is 0.204. The van der Waals surface area contributed by atoms with Gasteiger partial charge in [-0.15, -0.1) is 9.81 Å². The van der Waals surface area contributed by atoms with Gasteiger partial charge in [0.25, 0.3) is 0 Å². The SMILES string of the molecule is NC(=O)N(CCCCCCN(N=O)C(N)=O)N=O. The smallest absolute Gasteiger partial charge is 0.337 e. The number of amides is 4. The van der Waals surface area contributed by atoms with Gasteiger partial charge < -0.3 is 11.5 Å². The number of hydrogen-bond acceptors (Lipinski definition) is 6. The number of carbonyl (C=O) groups excluding carboxylic acids is 2. The molecule has 0 aliphatic rings. The van der Waals surface area contributed by atoms with Crippen molar-refractivity contribution in [3.63, 3.8) is 0 Å². The van der Waals surface area contributed by atoms with Crippen molar-refractivity contribution in [3.05, 3.63) is 9.81 Å². The van der Waals surface area contributed by atoms with E-state index in [1.54, 1.807) is 0 Å². The van der Waals surface area contributed by atoms with E-state index in [1.807, 2.05) is 0 Å². The van der Waals surface area contributed by atoms with Crippen LogP contribution in [0.2, 0.25) is 0 Å². The predicted molar refractivity (Wildman–Crippen MR) is 62.6 cm³/mol. The Labute approximate surface area is 103 Å². The molecule has 10 heteroatoms. The molecule has 0 bridgehead atoms. The number of urea groups is 2. The van der Waals surface area contributed by atoms with Gasteiger partial charge in [-0.3, -0.25) is 0 Å². The first-order chi connectivity index (χ1) is 8.52. The number of unbranched alkanes of at least 4 members (excludes halogenated alkanes) is 3. The molecule has 0 spiro atoms. The summed E-state index contributed by atoms with van der Waals surface area (Å²) in [6, 6.07) is -1.79. The van der Waals surface area contributed by atoms with Crippen LogP contribution in [0.15, 0.2) is 10.6 Å². The van der Waals surface area contributed by atoms with E-state index in [0.717, 1.165) is 0 Å². The van der Waals surface area contributed by atoms with E-state index in [-0.39, 0.29) is 13.1 Å². The molecule has 0 fully saturated rings. The molecule has 0 saturated carbocycles. The second kappa shape index (κ2) is 8.84. The van der Waals surface area contributed by atoms with Crippen LogP contribution >= 0.6 is 0 Å². The number of nitrogens with zero attached hydrogens (tertiary/aromatic N) is 4. The minimum Gasteiger partial charge on any atom is -0.350 e. The third-order valence-corrected chi connectivity index (χ3v) is 2.20. The molecular formula is C8H16N6O4. The lowest BCUT2D eigenvalue weighted by atomic mass is 10.2. The van der Waals surface area contributed by atoms with Crippen molar-refractivity contribution in [2.45, 2.75) is 25.7 Å². The van der Waals surface area contributed by atoms with Gasteiger partial charge in [0.05, 0.1) is 10.6 Å². The summed E-state index contributed by atoms with van der Waals surface area (Å²) in [5.74, 6) is 0. The summed E-state index contributed by atoms with van der Waals surface area (Å²) in [6.07, 6.45) is 2.45. The summed E-state index contributed by atoms with van der Waals surface area (Å²) in [5, 5.41) is 6.16. The van der Waals surface area contributed by atoms with E-state index in [1.165, 1.54) is 0 Å². The highest BCUT2D eigenvalue weighted by atomic mass is 16.3. The molecule has 0 aromatic rings. The molecule has 0 aliphatic heterocycles. The molecule has 102 valence electrons. The average molecular weight is 260 g/mol.